The predicted molar refractivity (Wildman–Crippen MR) is 75.3 cm³/mol. The highest BCUT2D eigenvalue weighted by atomic mass is 19.1. The van der Waals surface area contributed by atoms with E-state index in [1.807, 2.05) is 13.0 Å². The Labute approximate surface area is 116 Å². The highest BCUT2D eigenvalue weighted by molar-refractivity contribution is 5.91. The van der Waals surface area contributed by atoms with Crippen LogP contribution >= 0.6 is 0 Å². The Bertz CT molecular complexity index is 648. The number of carbonyl (C=O) groups excluding carboxylic acids is 1. The summed E-state index contributed by atoms with van der Waals surface area (Å²) in [5.41, 5.74) is 3.30. The Balaban J connectivity index is 2.35. The molecule has 0 spiro atoms. The van der Waals surface area contributed by atoms with Gasteiger partial charge in [0, 0.05) is 24.0 Å². The van der Waals surface area contributed by atoms with E-state index in [4.69, 9.17) is 0 Å². The number of nitrogens with zero attached hydrogens (tertiary/aromatic N) is 1. The molecule has 0 aliphatic carbocycles. The second kappa shape index (κ2) is 6.10. The molecule has 0 aliphatic rings. The fourth-order valence-electron chi connectivity index (χ4n) is 1.77. The van der Waals surface area contributed by atoms with Gasteiger partial charge < -0.3 is 4.74 Å². The third-order valence-corrected chi connectivity index (χ3v) is 2.91. The van der Waals surface area contributed by atoms with Gasteiger partial charge in [-0.25, -0.2) is 9.18 Å². The summed E-state index contributed by atoms with van der Waals surface area (Å²) in [4.78, 5) is 15.4. The molecule has 1 aromatic heterocycles. The van der Waals surface area contributed by atoms with Crippen LogP contribution in [0.4, 0.5) is 4.39 Å². The first-order chi connectivity index (χ1) is 9.60. The van der Waals surface area contributed by atoms with Crippen LogP contribution in [0.5, 0.6) is 0 Å². The average Bonchev–Trinajstić information content (AvgIpc) is 2.48. The Hall–Kier alpha value is -2.49. The van der Waals surface area contributed by atoms with Crippen LogP contribution in [-0.4, -0.2) is 18.1 Å². The van der Waals surface area contributed by atoms with E-state index in [-0.39, 0.29) is 5.82 Å². The van der Waals surface area contributed by atoms with Gasteiger partial charge in [-0.1, -0.05) is 12.1 Å². The van der Waals surface area contributed by atoms with Gasteiger partial charge in [-0.3, -0.25) is 4.98 Å². The van der Waals surface area contributed by atoms with E-state index in [0.717, 1.165) is 22.3 Å². The highest BCUT2D eigenvalue weighted by Gasteiger charge is 2.04. The molecule has 0 atom stereocenters. The van der Waals surface area contributed by atoms with Gasteiger partial charge in [0.15, 0.2) is 0 Å². The second-order valence-electron chi connectivity index (χ2n) is 4.32. The Morgan fingerprint density at radius 3 is 2.55 bits per heavy atom. The molecule has 0 N–H and O–H groups in total. The summed E-state index contributed by atoms with van der Waals surface area (Å²) in [5, 5.41) is 0. The standard InChI is InChI=1S/C16H14FNO2/c1-11(7-16(19)20-2)13-8-14(10-18-9-13)12-3-5-15(17)6-4-12/h3-10H,1-2H3/b11-7+. The van der Waals surface area contributed by atoms with Crippen molar-refractivity contribution < 1.29 is 13.9 Å². The van der Waals surface area contributed by atoms with Crippen LogP contribution in [0, 0.1) is 5.82 Å². The number of hydrogen-bond acceptors (Lipinski definition) is 3. The molecule has 0 fully saturated rings. The van der Waals surface area contributed by atoms with Crippen LogP contribution in [0.2, 0.25) is 0 Å². The normalized spacial score (nSPS) is 11.2. The minimum absolute atomic E-state index is 0.278. The topological polar surface area (TPSA) is 39.2 Å². The molecule has 0 unspecified atom stereocenters. The summed E-state index contributed by atoms with van der Waals surface area (Å²) >= 11 is 0. The van der Waals surface area contributed by atoms with Crippen molar-refractivity contribution in [3.05, 3.63) is 60.2 Å². The van der Waals surface area contributed by atoms with Crippen molar-refractivity contribution in [2.45, 2.75) is 6.92 Å². The van der Waals surface area contributed by atoms with Crippen LogP contribution in [0.15, 0.2) is 48.8 Å². The first-order valence-corrected chi connectivity index (χ1v) is 6.08. The van der Waals surface area contributed by atoms with Crippen molar-refractivity contribution in [3.8, 4) is 11.1 Å². The summed E-state index contributed by atoms with van der Waals surface area (Å²) in [7, 11) is 1.33. The maximum Gasteiger partial charge on any atom is 0.330 e. The zero-order chi connectivity index (χ0) is 14.5. The van der Waals surface area contributed by atoms with Crippen LogP contribution in [0.3, 0.4) is 0 Å². The van der Waals surface area contributed by atoms with Gasteiger partial charge in [0.2, 0.25) is 0 Å². The van der Waals surface area contributed by atoms with E-state index >= 15 is 0 Å². The molecule has 0 aliphatic heterocycles. The lowest BCUT2D eigenvalue weighted by Crippen LogP contribution is -1.96. The Kier molecular flexibility index (Phi) is 4.25. The molecule has 1 heterocycles. The number of pyridine rings is 1. The van der Waals surface area contributed by atoms with Crippen LogP contribution in [-0.2, 0) is 9.53 Å². The van der Waals surface area contributed by atoms with Crippen LogP contribution in [0.1, 0.15) is 12.5 Å². The summed E-state index contributed by atoms with van der Waals surface area (Å²) in [6, 6.07) is 8.08. The quantitative estimate of drug-likeness (QED) is 0.634. The fourth-order valence-corrected chi connectivity index (χ4v) is 1.77. The molecule has 1 aromatic carbocycles. The van der Waals surface area contributed by atoms with Gasteiger partial charge in [0.05, 0.1) is 7.11 Å². The van der Waals surface area contributed by atoms with E-state index in [1.54, 1.807) is 24.5 Å². The third-order valence-electron chi connectivity index (χ3n) is 2.91. The fraction of sp³-hybridized carbons (Fsp3) is 0.125. The van der Waals surface area contributed by atoms with Crippen LogP contribution in [0.25, 0.3) is 16.7 Å². The Morgan fingerprint density at radius 1 is 1.20 bits per heavy atom. The minimum Gasteiger partial charge on any atom is -0.466 e. The smallest absolute Gasteiger partial charge is 0.330 e. The number of allylic oxidation sites excluding steroid dienone is 1. The predicted octanol–water partition coefficient (Wildman–Crippen LogP) is 3.46. The number of carbonyl (C=O) groups is 1. The molecule has 2 rings (SSSR count). The molecular weight excluding hydrogens is 257 g/mol. The number of rotatable bonds is 3. The number of benzene rings is 1. The number of esters is 1. The van der Waals surface area contributed by atoms with E-state index in [1.165, 1.54) is 25.3 Å². The summed E-state index contributed by atoms with van der Waals surface area (Å²) < 4.78 is 17.5. The molecule has 102 valence electrons. The number of methoxy groups -OCH3 is 1. The van der Waals surface area contributed by atoms with Gasteiger partial charge in [0.1, 0.15) is 5.82 Å². The highest BCUT2D eigenvalue weighted by Crippen LogP contribution is 2.22. The number of halogens is 1. The average molecular weight is 271 g/mol. The van der Waals surface area contributed by atoms with E-state index in [9.17, 15) is 9.18 Å². The van der Waals surface area contributed by atoms with Gasteiger partial charge in [-0.05, 0) is 41.8 Å². The van der Waals surface area contributed by atoms with Gasteiger partial charge >= 0.3 is 5.97 Å². The van der Waals surface area contributed by atoms with Crippen molar-refractivity contribution in [2.24, 2.45) is 0 Å². The zero-order valence-electron chi connectivity index (χ0n) is 11.3. The second-order valence-corrected chi connectivity index (χ2v) is 4.32. The number of ether oxygens (including phenoxy) is 1. The molecule has 0 radical (unpaired) electrons. The first kappa shape index (κ1) is 13.9. The molecular formula is C16H14FNO2. The molecule has 3 nitrogen and oxygen atoms in total. The monoisotopic (exact) mass is 271 g/mol. The zero-order valence-corrected chi connectivity index (χ0v) is 11.3. The molecule has 0 saturated heterocycles. The van der Waals surface area contributed by atoms with Gasteiger partial charge in [-0.2, -0.15) is 0 Å². The maximum absolute atomic E-state index is 12.9. The summed E-state index contributed by atoms with van der Waals surface area (Å²) in [5.74, 6) is -0.686. The minimum atomic E-state index is -0.408. The largest absolute Gasteiger partial charge is 0.466 e. The number of hydrogen-bond donors (Lipinski definition) is 0. The molecule has 0 bridgehead atoms. The van der Waals surface area contributed by atoms with Crippen molar-refractivity contribution >= 4 is 11.5 Å². The maximum atomic E-state index is 12.9. The van der Waals surface area contributed by atoms with E-state index in [2.05, 4.69) is 9.72 Å². The molecule has 2 aromatic rings. The van der Waals surface area contributed by atoms with Crippen LogP contribution < -0.4 is 0 Å². The van der Waals surface area contributed by atoms with Gasteiger partial charge in [-0.15, -0.1) is 0 Å². The lowest BCUT2D eigenvalue weighted by atomic mass is 10.0. The molecule has 0 saturated carbocycles. The SMILES string of the molecule is COC(=O)/C=C(\C)c1cncc(-c2ccc(F)cc2)c1. The number of aromatic nitrogens is 1. The molecule has 20 heavy (non-hydrogen) atoms. The van der Waals surface area contributed by atoms with E-state index < -0.39 is 5.97 Å². The van der Waals surface area contributed by atoms with Gasteiger partial charge in [0.25, 0.3) is 0 Å². The molecule has 0 amide bonds. The lowest BCUT2D eigenvalue weighted by Gasteiger charge is -2.05. The third kappa shape index (κ3) is 3.29. The first-order valence-electron chi connectivity index (χ1n) is 6.08. The summed E-state index contributed by atoms with van der Waals surface area (Å²) in [6.45, 7) is 1.81. The lowest BCUT2D eigenvalue weighted by molar-refractivity contribution is -0.134. The van der Waals surface area contributed by atoms with Crippen molar-refractivity contribution in [2.75, 3.05) is 7.11 Å². The summed E-state index contributed by atoms with van der Waals surface area (Å²) in [6.07, 6.45) is 4.77. The van der Waals surface area contributed by atoms with E-state index in [0.29, 0.717) is 0 Å². The molecule has 4 heteroatoms. The van der Waals surface area contributed by atoms with Crippen molar-refractivity contribution in [1.82, 2.24) is 4.98 Å². The Morgan fingerprint density at radius 2 is 1.90 bits per heavy atom. The van der Waals surface area contributed by atoms with Crippen molar-refractivity contribution in [1.29, 1.82) is 0 Å². The van der Waals surface area contributed by atoms with Crippen molar-refractivity contribution in [3.63, 3.8) is 0 Å².